The van der Waals surface area contributed by atoms with Crippen molar-refractivity contribution in [3.63, 3.8) is 0 Å². The van der Waals surface area contributed by atoms with E-state index in [0.717, 1.165) is 25.1 Å². The second kappa shape index (κ2) is 12.7. The molecule has 1 atom stereocenters. The van der Waals surface area contributed by atoms with Gasteiger partial charge in [-0.15, -0.1) is 0 Å². The molecule has 0 aliphatic heterocycles. The van der Waals surface area contributed by atoms with E-state index in [1.165, 1.54) is 5.56 Å². The Morgan fingerprint density at radius 1 is 0.871 bits per heavy atom. The maximum Gasteiger partial charge on any atom is 0.315 e. The molecule has 3 N–H and O–H groups in total. The van der Waals surface area contributed by atoms with Gasteiger partial charge >= 0.3 is 6.03 Å². The zero-order valence-corrected chi connectivity index (χ0v) is 19.2. The number of hydrogen-bond donors (Lipinski definition) is 3. The van der Waals surface area contributed by atoms with E-state index in [-0.39, 0.29) is 24.0 Å². The summed E-state index contributed by atoms with van der Waals surface area (Å²) in [7, 11) is 0. The Morgan fingerprint density at radius 2 is 1.52 bits per heavy atom. The molecule has 0 saturated heterocycles. The van der Waals surface area contributed by atoms with E-state index >= 15 is 0 Å². The summed E-state index contributed by atoms with van der Waals surface area (Å²) < 4.78 is 0. The number of benzene rings is 2. The predicted molar refractivity (Wildman–Crippen MR) is 126 cm³/mol. The molecule has 6 nitrogen and oxygen atoms in total. The van der Waals surface area contributed by atoms with E-state index in [1.807, 2.05) is 32.0 Å². The lowest BCUT2D eigenvalue weighted by Gasteiger charge is -2.30. The fourth-order valence-corrected chi connectivity index (χ4v) is 3.54. The first kappa shape index (κ1) is 24.4. The summed E-state index contributed by atoms with van der Waals surface area (Å²) in [6.45, 7) is 11.0. The van der Waals surface area contributed by atoms with Gasteiger partial charge in [0.2, 0.25) is 0 Å². The number of urea groups is 1. The molecule has 0 radical (unpaired) electrons. The molecule has 0 aromatic heterocycles. The number of amides is 3. The second-order valence-electron chi connectivity index (χ2n) is 7.95. The van der Waals surface area contributed by atoms with E-state index in [1.54, 1.807) is 12.1 Å². The van der Waals surface area contributed by atoms with Crippen LogP contribution in [0.5, 0.6) is 0 Å². The maximum atomic E-state index is 12.7. The molecule has 2 aromatic carbocycles. The summed E-state index contributed by atoms with van der Waals surface area (Å²) in [6, 6.07) is 17.9. The Hall–Kier alpha value is -2.86. The Labute approximate surface area is 186 Å². The molecule has 0 heterocycles. The van der Waals surface area contributed by atoms with E-state index in [0.29, 0.717) is 18.7 Å². The summed E-state index contributed by atoms with van der Waals surface area (Å²) in [5.41, 5.74) is 2.83. The van der Waals surface area contributed by atoms with Gasteiger partial charge in [0.15, 0.2) is 0 Å². The van der Waals surface area contributed by atoms with Crippen molar-refractivity contribution in [1.82, 2.24) is 20.9 Å². The van der Waals surface area contributed by atoms with Gasteiger partial charge in [0, 0.05) is 30.7 Å². The van der Waals surface area contributed by atoms with Gasteiger partial charge in [-0.1, -0.05) is 56.3 Å². The number of carbonyl (C=O) groups excluding carboxylic acids is 2. The summed E-state index contributed by atoms with van der Waals surface area (Å²) in [5, 5.41) is 8.70. The molecule has 2 rings (SSSR count). The largest absolute Gasteiger partial charge is 0.350 e. The standard InChI is InChI=1S/C25H36N4O2/c1-5-29(6-2)23(16-20-10-8-7-9-11-20)18-26-24(30)22-14-12-21(13-15-22)17-27-25(31)28-19(3)4/h7-15,19,23H,5-6,16-18H2,1-4H3,(H,26,30)(H2,27,28,31). The van der Waals surface area contributed by atoms with Crippen LogP contribution in [0.25, 0.3) is 0 Å². The van der Waals surface area contributed by atoms with Crippen LogP contribution in [0.3, 0.4) is 0 Å². The number of rotatable bonds is 11. The molecule has 168 valence electrons. The molecule has 0 spiro atoms. The van der Waals surface area contributed by atoms with Crippen LogP contribution >= 0.6 is 0 Å². The Balaban J connectivity index is 1.92. The monoisotopic (exact) mass is 424 g/mol. The third-order valence-electron chi connectivity index (χ3n) is 5.23. The van der Waals surface area contributed by atoms with E-state index in [9.17, 15) is 9.59 Å². The first-order valence-corrected chi connectivity index (χ1v) is 11.1. The lowest BCUT2D eigenvalue weighted by molar-refractivity contribution is 0.0934. The Morgan fingerprint density at radius 3 is 2.10 bits per heavy atom. The van der Waals surface area contributed by atoms with Crippen LogP contribution in [0.2, 0.25) is 0 Å². The molecule has 0 saturated carbocycles. The Bertz CT molecular complexity index is 802. The van der Waals surface area contributed by atoms with Crippen molar-refractivity contribution in [1.29, 1.82) is 0 Å². The van der Waals surface area contributed by atoms with Crippen molar-refractivity contribution in [2.24, 2.45) is 0 Å². The van der Waals surface area contributed by atoms with Gasteiger partial charge in [-0.25, -0.2) is 4.79 Å². The van der Waals surface area contributed by atoms with E-state index < -0.39 is 0 Å². The normalized spacial score (nSPS) is 11.9. The lowest BCUT2D eigenvalue weighted by atomic mass is 10.0. The summed E-state index contributed by atoms with van der Waals surface area (Å²) in [4.78, 5) is 26.8. The molecule has 3 amide bonds. The molecule has 0 fully saturated rings. The molecule has 1 unspecified atom stereocenters. The predicted octanol–water partition coefficient (Wildman–Crippen LogP) is 3.58. The molecular weight excluding hydrogens is 388 g/mol. The van der Waals surface area contributed by atoms with Crippen molar-refractivity contribution in [3.8, 4) is 0 Å². The van der Waals surface area contributed by atoms with Crippen LogP contribution in [0.1, 0.15) is 49.2 Å². The summed E-state index contributed by atoms with van der Waals surface area (Å²) in [5.74, 6) is -0.0812. The van der Waals surface area contributed by atoms with Crippen molar-refractivity contribution < 1.29 is 9.59 Å². The van der Waals surface area contributed by atoms with Crippen LogP contribution in [-0.2, 0) is 13.0 Å². The topological polar surface area (TPSA) is 73.5 Å². The van der Waals surface area contributed by atoms with Crippen LogP contribution in [0, 0.1) is 0 Å². The smallest absolute Gasteiger partial charge is 0.315 e. The van der Waals surface area contributed by atoms with Crippen molar-refractivity contribution in [3.05, 3.63) is 71.3 Å². The molecule has 2 aromatic rings. The highest BCUT2D eigenvalue weighted by Gasteiger charge is 2.18. The zero-order chi connectivity index (χ0) is 22.6. The average Bonchev–Trinajstić information content (AvgIpc) is 2.77. The fourth-order valence-electron chi connectivity index (χ4n) is 3.54. The van der Waals surface area contributed by atoms with Crippen molar-refractivity contribution >= 4 is 11.9 Å². The summed E-state index contributed by atoms with van der Waals surface area (Å²) in [6.07, 6.45) is 0.895. The van der Waals surface area contributed by atoms with Gasteiger partial charge in [0.05, 0.1) is 0 Å². The third-order valence-corrected chi connectivity index (χ3v) is 5.23. The van der Waals surface area contributed by atoms with Gasteiger partial charge in [-0.05, 0) is 56.6 Å². The number of nitrogens with one attached hydrogen (secondary N) is 3. The molecular formula is C25H36N4O2. The Kier molecular flexibility index (Phi) is 10.0. The quantitative estimate of drug-likeness (QED) is 0.516. The molecule has 31 heavy (non-hydrogen) atoms. The second-order valence-corrected chi connectivity index (χ2v) is 7.95. The van der Waals surface area contributed by atoms with E-state index in [4.69, 9.17) is 0 Å². The first-order valence-electron chi connectivity index (χ1n) is 11.1. The average molecular weight is 425 g/mol. The number of hydrogen-bond acceptors (Lipinski definition) is 3. The SMILES string of the molecule is CCN(CC)C(CNC(=O)c1ccc(CNC(=O)NC(C)C)cc1)Cc1ccccc1. The molecule has 0 aliphatic rings. The van der Waals surface area contributed by atoms with Crippen molar-refractivity contribution in [2.75, 3.05) is 19.6 Å². The zero-order valence-electron chi connectivity index (χ0n) is 19.2. The number of nitrogens with zero attached hydrogens (tertiary/aromatic N) is 1. The van der Waals surface area contributed by atoms with Crippen LogP contribution in [-0.4, -0.2) is 48.6 Å². The highest BCUT2D eigenvalue weighted by atomic mass is 16.2. The minimum absolute atomic E-state index is 0.0812. The molecule has 0 bridgehead atoms. The van der Waals surface area contributed by atoms with Crippen LogP contribution < -0.4 is 16.0 Å². The molecule has 0 aliphatic carbocycles. The lowest BCUT2D eigenvalue weighted by Crippen LogP contribution is -2.45. The van der Waals surface area contributed by atoms with Gasteiger partial charge in [-0.2, -0.15) is 0 Å². The molecule has 6 heteroatoms. The van der Waals surface area contributed by atoms with E-state index in [2.05, 4.69) is 59.0 Å². The van der Waals surface area contributed by atoms with Gasteiger partial charge < -0.3 is 16.0 Å². The van der Waals surface area contributed by atoms with Crippen LogP contribution in [0.4, 0.5) is 4.79 Å². The van der Waals surface area contributed by atoms with Gasteiger partial charge in [0.1, 0.15) is 0 Å². The van der Waals surface area contributed by atoms with Crippen molar-refractivity contribution in [2.45, 2.75) is 52.7 Å². The number of likely N-dealkylation sites (N-methyl/N-ethyl adjacent to an activating group) is 1. The third kappa shape index (κ3) is 8.42. The fraction of sp³-hybridized carbons (Fsp3) is 0.440. The van der Waals surface area contributed by atoms with Gasteiger partial charge in [0.25, 0.3) is 5.91 Å². The van der Waals surface area contributed by atoms with Gasteiger partial charge in [-0.3, -0.25) is 9.69 Å². The summed E-state index contributed by atoms with van der Waals surface area (Å²) >= 11 is 0. The highest BCUT2D eigenvalue weighted by molar-refractivity contribution is 5.94. The maximum absolute atomic E-state index is 12.7. The number of carbonyl (C=O) groups is 2. The minimum atomic E-state index is -0.197. The van der Waals surface area contributed by atoms with Crippen LogP contribution in [0.15, 0.2) is 54.6 Å². The first-order chi connectivity index (χ1) is 14.9. The highest BCUT2D eigenvalue weighted by Crippen LogP contribution is 2.10. The minimum Gasteiger partial charge on any atom is -0.350 e.